The number of rotatable bonds is 0. The summed E-state index contributed by atoms with van der Waals surface area (Å²) in [4.78, 5) is 0. The molecular formula is C16H11Br. The maximum atomic E-state index is 3.60. The maximum Gasteiger partial charge on any atom is 0.0253 e. The van der Waals surface area contributed by atoms with E-state index in [0.29, 0.717) is 0 Å². The van der Waals surface area contributed by atoms with Crippen molar-refractivity contribution in [2.45, 2.75) is 0 Å². The van der Waals surface area contributed by atoms with Crippen molar-refractivity contribution in [2.24, 2.45) is 0 Å². The third kappa shape index (κ3) is 2.25. The molecule has 82 valence electrons. The third-order valence-corrected chi connectivity index (χ3v) is 3.57. The first-order chi connectivity index (χ1) is 8.31. The first-order valence-corrected chi connectivity index (χ1v) is 6.36. The van der Waals surface area contributed by atoms with Crippen molar-refractivity contribution in [2.75, 3.05) is 0 Å². The lowest BCUT2D eigenvalue weighted by molar-refractivity contribution is 1.56. The van der Waals surface area contributed by atoms with Crippen LogP contribution in [0.1, 0.15) is 22.3 Å². The summed E-state index contributed by atoms with van der Waals surface area (Å²) in [5, 5.41) is 0. The van der Waals surface area contributed by atoms with Crippen LogP contribution in [0.5, 0.6) is 0 Å². The largest absolute Gasteiger partial charge is 0.0544 e. The molecule has 4 aliphatic carbocycles. The summed E-state index contributed by atoms with van der Waals surface area (Å²) in [6.45, 7) is 0. The fourth-order valence-corrected chi connectivity index (χ4v) is 2.41. The van der Waals surface area contributed by atoms with Gasteiger partial charge in [0.1, 0.15) is 0 Å². The summed E-state index contributed by atoms with van der Waals surface area (Å²) < 4.78 is 1.13. The summed E-state index contributed by atoms with van der Waals surface area (Å²) in [7, 11) is 0. The van der Waals surface area contributed by atoms with Gasteiger partial charge in [-0.2, -0.15) is 0 Å². The van der Waals surface area contributed by atoms with Crippen LogP contribution in [0.3, 0.4) is 0 Å². The molecule has 0 saturated heterocycles. The molecule has 0 fully saturated rings. The molecule has 0 nitrogen and oxygen atoms in total. The van der Waals surface area contributed by atoms with Crippen LogP contribution in [0.4, 0.5) is 0 Å². The van der Waals surface area contributed by atoms with Gasteiger partial charge in [0, 0.05) is 4.47 Å². The van der Waals surface area contributed by atoms with Crippen LogP contribution in [-0.4, -0.2) is 0 Å². The quantitative estimate of drug-likeness (QED) is 0.538. The second-order valence-corrected chi connectivity index (χ2v) is 4.97. The van der Waals surface area contributed by atoms with E-state index in [4.69, 9.17) is 0 Å². The molecule has 2 aromatic carbocycles. The van der Waals surface area contributed by atoms with Crippen molar-refractivity contribution in [1.82, 2.24) is 0 Å². The molecule has 2 aromatic rings. The molecule has 0 radical (unpaired) electrons. The van der Waals surface area contributed by atoms with Gasteiger partial charge in [-0.05, 0) is 28.3 Å². The lowest BCUT2D eigenvalue weighted by atomic mass is 10.1. The van der Waals surface area contributed by atoms with Crippen LogP contribution in [0.25, 0.3) is 24.3 Å². The fraction of sp³-hybridized carbons (Fsp3) is 0. The minimum atomic E-state index is 1.13. The molecule has 4 aliphatic rings. The molecule has 0 saturated carbocycles. The molecule has 0 spiro atoms. The highest BCUT2D eigenvalue weighted by atomic mass is 79.9. The Bertz CT molecular complexity index is 604. The minimum absolute atomic E-state index is 1.13. The molecule has 0 heterocycles. The van der Waals surface area contributed by atoms with E-state index in [1.807, 2.05) is 0 Å². The van der Waals surface area contributed by atoms with Crippen molar-refractivity contribution >= 4 is 40.2 Å². The lowest BCUT2D eigenvalue weighted by Gasteiger charge is -2.03. The van der Waals surface area contributed by atoms with E-state index in [2.05, 4.69) is 82.7 Å². The average Bonchev–Trinajstić information content (AvgIpc) is 2.34. The highest BCUT2D eigenvalue weighted by molar-refractivity contribution is 9.10. The Morgan fingerprint density at radius 1 is 0.588 bits per heavy atom. The molecule has 0 aromatic heterocycles. The molecule has 6 rings (SSSR count). The number of hydrogen-bond donors (Lipinski definition) is 0. The van der Waals surface area contributed by atoms with E-state index in [-0.39, 0.29) is 0 Å². The zero-order chi connectivity index (χ0) is 11.7. The fourth-order valence-electron chi connectivity index (χ4n) is 1.88. The molecule has 0 unspecified atom stereocenters. The zero-order valence-electron chi connectivity index (χ0n) is 9.23. The standard InChI is InChI=1S/C16H11Br/c17-16-11-14-6-5-12-1-3-13(4-2-12)7-9-15(16)10-8-14/h1-11H/b6-5-,9-7-,12-5?,13-7?,14-6?,15-9?. The molecule has 0 amide bonds. The topological polar surface area (TPSA) is 0 Å². The van der Waals surface area contributed by atoms with Gasteiger partial charge in [-0.1, -0.05) is 76.6 Å². The van der Waals surface area contributed by atoms with Gasteiger partial charge >= 0.3 is 0 Å². The molecule has 0 atom stereocenters. The van der Waals surface area contributed by atoms with E-state index in [1.165, 1.54) is 22.3 Å². The zero-order valence-corrected chi connectivity index (χ0v) is 10.8. The Balaban J connectivity index is 2.21. The van der Waals surface area contributed by atoms with Crippen LogP contribution in [0.2, 0.25) is 0 Å². The second-order valence-electron chi connectivity index (χ2n) is 4.11. The second kappa shape index (κ2) is 4.34. The van der Waals surface area contributed by atoms with E-state index in [9.17, 15) is 0 Å². The Labute approximate surface area is 109 Å². The summed E-state index contributed by atoms with van der Waals surface area (Å²) in [5.74, 6) is 0. The Hall–Kier alpha value is -1.60. The van der Waals surface area contributed by atoms with E-state index >= 15 is 0 Å². The predicted octanol–water partition coefficient (Wildman–Crippen LogP) is 5.10. The summed E-state index contributed by atoms with van der Waals surface area (Å²) in [6, 6.07) is 15.0. The van der Waals surface area contributed by atoms with Crippen molar-refractivity contribution in [3.05, 3.63) is 69.2 Å². The highest BCUT2D eigenvalue weighted by Crippen LogP contribution is 2.23. The Morgan fingerprint density at radius 2 is 1.12 bits per heavy atom. The highest BCUT2D eigenvalue weighted by Gasteiger charge is 1.98. The maximum absolute atomic E-state index is 3.60. The molecule has 1 heteroatoms. The van der Waals surface area contributed by atoms with Crippen molar-refractivity contribution in [3.8, 4) is 0 Å². The van der Waals surface area contributed by atoms with Crippen molar-refractivity contribution < 1.29 is 0 Å². The molecule has 4 bridgehead atoms. The normalized spacial score (nSPS) is 16.3. The van der Waals surface area contributed by atoms with E-state index in [0.717, 1.165) is 4.47 Å². The number of hydrogen-bond acceptors (Lipinski definition) is 0. The smallest absolute Gasteiger partial charge is 0.0253 e. The molecule has 0 N–H and O–H groups in total. The average molecular weight is 283 g/mol. The predicted molar refractivity (Wildman–Crippen MR) is 78.4 cm³/mol. The Kier molecular flexibility index (Phi) is 2.69. The van der Waals surface area contributed by atoms with Crippen molar-refractivity contribution in [3.63, 3.8) is 0 Å². The molecule has 17 heavy (non-hydrogen) atoms. The van der Waals surface area contributed by atoms with Crippen LogP contribution < -0.4 is 0 Å². The van der Waals surface area contributed by atoms with Crippen LogP contribution in [0.15, 0.2) is 46.9 Å². The van der Waals surface area contributed by atoms with Gasteiger partial charge in [0.05, 0.1) is 0 Å². The van der Waals surface area contributed by atoms with Gasteiger partial charge in [0.15, 0.2) is 0 Å². The molecule has 0 aliphatic heterocycles. The summed E-state index contributed by atoms with van der Waals surface area (Å²) in [6.07, 6.45) is 8.54. The van der Waals surface area contributed by atoms with E-state index in [1.54, 1.807) is 0 Å². The van der Waals surface area contributed by atoms with Gasteiger partial charge < -0.3 is 0 Å². The van der Waals surface area contributed by atoms with Crippen LogP contribution >= 0.6 is 15.9 Å². The van der Waals surface area contributed by atoms with Crippen LogP contribution in [0, 0.1) is 0 Å². The van der Waals surface area contributed by atoms with Gasteiger partial charge in [-0.25, -0.2) is 0 Å². The van der Waals surface area contributed by atoms with Gasteiger partial charge in [-0.3, -0.25) is 0 Å². The lowest BCUT2D eigenvalue weighted by Crippen LogP contribution is -1.81. The summed E-state index contributed by atoms with van der Waals surface area (Å²) >= 11 is 3.60. The van der Waals surface area contributed by atoms with Gasteiger partial charge in [0.2, 0.25) is 0 Å². The number of halogens is 1. The minimum Gasteiger partial charge on any atom is -0.0544 e. The third-order valence-electron chi connectivity index (χ3n) is 2.88. The SMILES string of the molecule is Brc1cc2ccc1/C=C\c1ccc(cc1)/C=C\2. The monoisotopic (exact) mass is 282 g/mol. The van der Waals surface area contributed by atoms with Gasteiger partial charge in [0.25, 0.3) is 0 Å². The first-order valence-electron chi connectivity index (χ1n) is 5.57. The number of benzene rings is 2. The van der Waals surface area contributed by atoms with Crippen LogP contribution in [-0.2, 0) is 0 Å². The Morgan fingerprint density at radius 3 is 1.76 bits per heavy atom. The summed E-state index contributed by atoms with van der Waals surface area (Å²) in [5.41, 5.74) is 4.85. The van der Waals surface area contributed by atoms with Gasteiger partial charge in [-0.15, -0.1) is 0 Å². The molecular weight excluding hydrogens is 272 g/mol. The first kappa shape index (κ1) is 10.5. The van der Waals surface area contributed by atoms with E-state index < -0.39 is 0 Å². The van der Waals surface area contributed by atoms with Crippen molar-refractivity contribution in [1.29, 1.82) is 0 Å².